The fraction of sp³-hybridized carbons (Fsp3) is 0.125. The van der Waals surface area contributed by atoms with Crippen molar-refractivity contribution in [2.24, 2.45) is 0 Å². The Hall–Kier alpha value is -2.36. The summed E-state index contributed by atoms with van der Waals surface area (Å²) in [4.78, 5) is 12.2. The first-order valence-corrected chi connectivity index (χ1v) is 9.00. The Morgan fingerprint density at radius 3 is 2.65 bits per heavy atom. The van der Waals surface area contributed by atoms with Gasteiger partial charge in [-0.2, -0.15) is 5.26 Å². The number of halogens is 1. The second-order valence-corrected chi connectivity index (χ2v) is 7.58. The molecule has 1 N–H and O–H groups in total. The molecule has 118 valence electrons. The zero-order valence-electron chi connectivity index (χ0n) is 12.2. The van der Waals surface area contributed by atoms with Gasteiger partial charge in [-0.25, -0.2) is 8.42 Å². The van der Waals surface area contributed by atoms with Gasteiger partial charge in [0.2, 0.25) is 0 Å². The minimum absolute atomic E-state index is 0.131. The molecule has 2 rings (SSSR count). The highest BCUT2D eigenvalue weighted by Crippen LogP contribution is 2.20. The van der Waals surface area contributed by atoms with Crippen LogP contribution in [0.3, 0.4) is 0 Å². The molecule has 0 saturated carbocycles. The average molecular weight is 349 g/mol. The van der Waals surface area contributed by atoms with Crippen LogP contribution in [0.4, 0.5) is 5.69 Å². The third-order valence-electron chi connectivity index (χ3n) is 2.96. The molecule has 1 amide bonds. The molecule has 0 radical (unpaired) electrons. The van der Waals surface area contributed by atoms with Crippen molar-refractivity contribution < 1.29 is 13.2 Å². The lowest BCUT2D eigenvalue weighted by Crippen LogP contribution is -2.12. The lowest BCUT2D eigenvalue weighted by molar-refractivity contribution is 0.102. The third-order valence-corrected chi connectivity index (χ3v) is 4.15. The maximum atomic E-state index is 12.2. The molecule has 0 aromatic heterocycles. The van der Waals surface area contributed by atoms with E-state index in [4.69, 9.17) is 16.9 Å². The van der Waals surface area contributed by atoms with E-state index in [1.54, 1.807) is 24.3 Å². The van der Waals surface area contributed by atoms with E-state index in [0.717, 1.165) is 6.26 Å². The minimum Gasteiger partial charge on any atom is -0.322 e. The summed E-state index contributed by atoms with van der Waals surface area (Å²) in [6, 6.07) is 12.9. The van der Waals surface area contributed by atoms with E-state index < -0.39 is 15.7 Å². The SMILES string of the molecule is CS(=O)(=O)Cc1cccc(C(=O)Nc2ccc(Cl)c(C#N)c2)c1. The molecule has 0 aliphatic heterocycles. The Morgan fingerprint density at radius 2 is 2.00 bits per heavy atom. The molecule has 0 saturated heterocycles. The molecule has 23 heavy (non-hydrogen) atoms. The lowest BCUT2D eigenvalue weighted by atomic mass is 10.1. The summed E-state index contributed by atoms with van der Waals surface area (Å²) in [5, 5.41) is 11.9. The number of rotatable bonds is 4. The number of amides is 1. The van der Waals surface area contributed by atoms with Gasteiger partial charge < -0.3 is 5.32 Å². The molecular formula is C16H13ClN2O3S. The number of nitriles is 1. The van der Waals surface area contributed by atoms with Crippen molar-refractivity contribution in [3.63, 3.8) is 0 Å². The summed E-state index contributed by atoms with van der Waals surface area (Å²) in [6.45, 7) is 0. The van der Waals surface area contributed by atoms with Gasteiger partial charge in [0.1, 0.15) is 6.07 Å². The Balaban J connectivity index is 2.21. The van der Waals surface area contributed by atoms with Crippen molar-refractivity contribution in [2.45, 2.75) is 5.75 Å². The van der Waals surface area contributed by atoms with E-state index in [1.807, 2.05) is 6.07 Å². The normalized spacial score (nSPS) is 10.8. The number of carbonyl (C=O) groups excluding carboxylic acids is 1. The lowest BCUT2D eigenvalue weighted by Gasteiger charge is -2.07. The van der Waals surface area contributed by atoms with Crippen molar-refractivity contribution in [3.05, 3.63) is 64.2 Å². The van der Waals surface area contributed by atoms with Crippen LogP contribution in [0.25, 0.3) is 0 Å². The number of nitrogens with one attached hydrogen (secondary N) is 1. The smallest absolute Gasteiger partial charge is 0.255 e. The molecule has 0 atom stereocenters. The predicted molar refractivity (Wildman–Crippen MR) is 89.1 cm³/mol. The molecule has 0 bridgehead atoms. The standard InChI is InChI=1S/C16H13ClN2O3S/c1-23(21,22)10-11-3-2-4-12(7-11)16(20)19-14-5-6-15(17)13(8-14)9-18/h2-8H,10H2,1H3,(H,19,20). The van der Waals surface area contributed by atoms with Crippen LogP contribution in [0.1, 0.15) is 21.5 Å². The van der Waals surface area contributed by atoms with Gasteiger partial charge in [0.05, 0.1) is 16.3 Å². The molecule has 2 aromatic rings. The molecule has 0 unspecified atom stereocenters. The number of hydrogen-bond acceptors (Lipinski definition) is 4. The summed E-state index contributed by atoms with van der Waals surface area (Å²) in [5.74, 6) is -0.528. The van der Waals surface area contributed by atoms with Crippen LogP contribution in [0.5, 0.6) is 0 Å². The van der Waals surface area contributed by atoms with E-state index in [0.29, 0.717) is 21.8 Å². The predicted octanol–water partition coefficient (Wildman–Crippen LogP) is 3.01. The number of carbonyl (C=O) groups is 1. The van der Waals surface area contributed by atoms with E-state index in [2.05, 4.69) is 5.32 Å². The number of hydrogen-bond donors (Lipinski definition) is 1. The molecule has 0 aliphatic carbocycles. The molecular weight excluding hydrogens is 336 g/mol. The Labute approximate surface area is 139 Å². The molecule has 5 nitrogen and oxygen atoms in total. The summed E-state index contributed by atoms with van der Waals surface area (Å²) in [7, 11) is -3.17. The van der Waals surface area contributed by atoms with Gasteiger partial charge in [-0.05, 0) is 35.9 Å². The fourth-order valence-electron chi connectivity index (χ4n) is 2.00. The van der Waals surface area contributed by atoms with Crippen LogP contribution in [0.2, 0.25) is 5.02 Å². The molecule has 0 heterocycles. The molecule has 0 aliphatic rings. The maximum absolute atomic E-state index is 12.2. The quantitative estimate of drug-likeness (QED) is 0.920. The highest BCUT2D eigenvalue weighted by molar-refractivity contribution is 7.89. The van der Waals surface area contributed by atoms with Gasteiger partial charge in [-0.3, -0.25) is 4.79 Å². The van der Waals surface area contributed by atoms with E-state index in [-0.39, 0.29) is 11.3 Å². The number of anilines is 1. The van der Waals surface area contributed by atoms with Gasteiger partial charge in [-0.15, -0.1) is 0 Å². The van der Waals surface area contributed by atoms with Crippen LogP contribution in [0, 0.1) is 11.3 Å². The van der Waals surface area contributed by atoms with Crippen LogP contribution < -0.4 is 5.32 Å². The van der Waals surface area contributed by atoms with Crippen molar-refractivity contribution in [2.75, 3.05) is 11.6 Å². The van der Waals surface area contributed by atoms with Crippen molar-refractivity contribution >= 4 is 33.0 Å². The molecule has 0 spiro atoms. The first kappa shape index (κ1) is 17.0. The van der Waals surface area contributed by atoms with Gasteiger partial charge in [0.15, 0.2) is 9.84 Å². The monoisotopic (exact) mass is 348 g/mol. The Morgan fingerprint density at radius 1 is 1.26 bits per heavy atom. The highest BCUT2D eigenvalue weighted by Gasteiger charge is 2.10. The maximum Gasteiger partial charge on any atom is 0.255 e. The number of benzene rings is 2. The second kappa shape index (κ2) is 6.82. The van der Waals surface area contributed by atoms with E-state index in [1.165, 1.54) is 18.2 Å². The van der Waals surface area contributed by atoms with Crippen molar-refractivity contribution in [1.29, 1.82) is 5.26 Å². The van der Waals surface area contributed by atoms with Gasteiger partial charge >= 0.3 is 0 Å². The van der Waals surface area contributed by atoms with Crippen molar-refractivity contribution in [1.82, 2.24) is 0 Å². The first-order valence-electron chi connectivity index (χ1n) is 6.56. The zero-order chi connectivity index (χ0) is 17.0. The number of nitrogens with zero attached hydrogens (tertiary/aromatic N) is 1. The van der Waals surface area contributed by atoms with Gasteiger partial charge in [0, 0.05) is 17.5 Å². The summed E-state index contributed by atoms with van der Waals surface area (Å²) >= 11 is 5.84. The Kier molecular flexibility index (Phi) is 5.04. The average Bonchev–Trinajstić information content (AvgIpc) is 2.47. The van der Waals surface area contributed by atoms with Crippen LogP contribution in [-0.4, -0.2) is 20.6 Å². The largest absolute Gasteiger partial charge is 0.322 e. The first-order chi connectivity index (χ1) is 10.8. The topological polar surface area (TPSA) is 87.0 Å². The number of sulfone groups is 1. The van der Waals surface area contributed by atoms with Crippen molar-refractivity contribution in [3.8, 4) is 6.07 Å². The fourth-order valence-corrected chi connectivity index (χ4v) is 2.94. The summed E-state index contributed by atoms with van der Waals surface area (Å²) in [5.41, 5.74) is 1.56. The van der Waals surface area contributed by atoms with Gasteiger partial charge in [-0.1, -0.05) is 23.7 Å². The minimum atomic E-state index is -3.17. The van der Waals surface area contributed by atoms with Gasteiger partial charge in [0.25, 0.3) is 5.91 Å². The second-order valence-electron chi connectivity index (χ2n) is 5.03. The van der Waals surface area contributed by atoms with Crippen LogP contribution >= 0.6 is 11.6 Å². The van der Waals surface area contributed by atoms with Crippen LogP contribution in [0.15, 0.2) is 42.5 Å². The third kappa shape index (κ3) is 4.81. The summed E-state index contributed by atoms with van der Waals surface area (Å²) in [6.07, 6.45) is 1.14. The zero-order valence-corrected chi connectivity index (χ0v) is 13.8. The highest BCUT2D eigenvalue weighted by atomic mass is 35.5. The molecule has 7 heteroatoms. The molecule has 2 aromatic carbocycles. The Bertz CT molecular complexity index is 902. The molecule has 0 fully saturated rings. The van der Waals surface area contributed by atoms with E-state index in [9.17, 15) is 13.2 Å². The van der Waals surface area contributed by atoms with Crippen LogP contribution in [-0.2, 0) is 15.6 Å². The van der Waals surface area contributed by atoms with E-state index >= 15 is 0 Å². The summed E-state index contributed by atoms with van der Waals surface area (Å²) < 4.78 is 22.7.